The minimum absolute atomic E-state index is 0.0227. The average Bonchev–Trinajstić information content (AvgIpc) is 2.98. The van der Waals surface area contributed by atoms with E-state index in [1.54, 1.807) is 0 Å². The second-order valence-corrected chi connectivity index (χ2v) is 8.23. The van der Waals surface area contributed by atoms with Crippen molar-refractivity contribution in [3.63, 3.8) is 0 Å². The van der Waals surface area contributed by atoms with Gasteiger partial charge in [-0.3, -0.25) is 9.59 Å². The third kappa shape index (κ3) is 4.70. The molecule has 5 nitrogen and oxygen atoms in total. The summed E-state index contributed by atoms with van der Waals surface area (Å²) in [5.74, 6) is -2.10. The van der Waals surface area contributed by atoms with Gasteiger partial charge in [0.1, 0.15) is 5.78 Å². The lowest BCUT2D eigenvalue weighted by Gasteiger charge is -2.28. The van der Waals surface area contributed by atoms with Crippen LogP contribution in [-0.2, 0) is 19.7 Å². The van der Waals surface area contributed by atoms with Crippen molar-refractivity contribution in [1.29, 1.82) is 0 Å². The van der Waals surface area contributed by atoms with E-state index in [2.05, 4.69) is 0 Å². The summed E-state index contributed by atoms with van der Waals surface area (Å²) in [5, 5.41) is 20.2. The summed E-state index contributed by atoms with van der Waals surface area (Å²) >= 11 is 0. The Hall–Kier alpha value is -1.98. The number of ketones is 1. The van der Waals surface area contributed by atoms with Crippen LogP contribution in [0, 0.1) is 11.8 Å². The number of aliphatic hydroxyl groups excluding tert-OH is 2. The van der Waals surface area contributed by atoms with Crippen LogP contribution in [0.15, 0.2) is 36.4 Å². The summed E-state index contributed by atoms with van der Waals surface area (Å²) in [7, 11) is 1.33. The van der Waals surface area contributed by atoms with Crippen LogP contribution in [0.2, 0.25) is 0 Å². The van der Waals surface area contributed by atoms with Crippen LogP contribution in [0.4, 0.5) is 0 Å². The first kappa shape index (κ1) is 22.3. The van der Waals surface area contributed by atoms with E-state index in [-0.39, 0.29) is 24.2 Å². The van der Waals surface area contributed by atoms with Gasteiger partial charge in [0.25, 0.3) is 0 Å². The Balaban J connectivity index is 2.36. The predicted molar refractivity (Wildman–Crippen MR) is 108 cm³/mol. The lowest BCUT2D eigenvalue weighted by atomic mass is 9.76. The fourth-order valence-corrected chi connectivity index (χ4v) is 4.10. The second kappa shape index (κ2) is 9.48. The Bertz CT molecular complexity index is 704. The van der Waals surface area contributed by atoms with Crippen molar-refractivity contribution in [3.05, 3.63) is 47.5 Å². The molecule has 0 radical (unpaired) electrons. The zero-order valence-electron chi connectivity index (χ0n) is 17.2. The number of carbonyl (C=O) groups excluding carboxylic acids is 2. The zero-order chi connectivity index (χ0) is 20.9. The highest BCUT2D eigenvalue weighted by Gasteiger charge is 2.48. The topological polar surface area (TPSA) is 83.8 Å². The minimum Gasteiger partial charge on any atom is -0.469 e. The number of esters is 1. The summed E-state index contributed by atoms with van der Waals surface area (Å²) in [6.07, 6.45) is 4.29. The number of benzene rings is 1. The van der Waals surface area contributed by atoms with Gasteiger partial charge in [0.05, 0.1) is 25.7 Å². The van der Waals surface area contributed by atoms with Gasteiger partial charge in [0.2, 0.25) is 0 Å². The van der Waals surface area contributed by atoms with E-state index >= 15 is 0 Å². The van der Waals surface area contributed by atoms with Crippen molar-refractivity contribution in [3.8, 4) is 0 Å². The van der Waals surface area contributed by atoms with Crippen LogP contribution >= 0.6 is 0 Å². The number of aliphatic hydroxyl groups is 2. The Labute approximate surface area is 167 Å². The number of rotatable bonds is 8. The third-order valence-electron chi connectivity index (χ3n) is 5.87. The van der Waals surface area contributed by atoms with Gasteiger partial charge in [-0.15, -0.1) is 0 Å². The normalized spacial score (nSPS) is 23.9. The van der Waals surface area contributed by atoms with E-state index in [1.807, 2.05) is 57.2 Å². The summed E-state index contributed by atoms with van der Waals surface area (Å²) in [5.41, 5.74) is 1.44. The molecule has 0 amide bonds. The molecule has 0 aromatic heterocycles. The van der Waals surface area contributed by atoms with Crippen LogP contribution in [0.25, 0.3) is 0 Å². The van der Waals surface area contributed by atoms with E-state index in [0.717, 1.165) is 11.1 Å². The van der Waals surface area contributed by atoms with Crippen molar-refractivity contribution >= 4 is 11.8 Å². The SMILES string of the molecule is C/C=C/CCC(C(=O)OC)[C@@H]1C(=O)C[C@@H](O)[C@@H]1c1ccc(C(C)(C)CO)cc1. The first-order valence-electron chi connectivity index (χ1n) is 9.87. The molecule has 0 aliphatic heterocycles. The lowest BCUT2D eigenvalue weighted by molar-refractivity contribution is -0.150. The van der Waals surface area contributed by atoms with Gasteiger partial charge in [-0.05, 0) is 30.9 Å². The third-order valence-corrected chi connectivity index (χ3v) is 5.87. The molecule has 0 saturated heterocycles. The molecule has 0 spiro atoms. The highest BCUT2D eigenvalue weighted by atomic mass is 16.5. The number of ether oxygens (including phenoxy) is 1. The van der Waals surface area contributed by atoms with Gasteiger partial charge in [-0.25, -0.2) is 0 Å². The number of hydrogen-bond acceptors (Lipinski definition) is 5. The number of hydrogen-bond donors (Lipinski definition) is 2. The van der Waals surface area contributed by atoms with Gasteiger partial charge >= 0.3 is 5.97 Å². The standard InChI is InChI=1S/C23H32O5/c1-5-6-7-8-17(22(27)28-4)21-19(26)13-18(25)20(21)15-9-11-16(12-10-15)23(2,3)14-24/h5-6,9-12,17-18,20-21,24-25H,7-8,13-14H2,1-4H3/b6-5+/t17?,18-,20+,21-/m1/s1. The second-order valence-electron chi connectivity index (χ2n) is 8.23. The molecule has 1 aromatic rings. The lowest BCUT2D eigenvalue weighted by Crippen LogP contribution is -2.32. The van der Waals surface area contributed by atoms with Crippen LogP contribution in [0.3, 0.4) is 0 Å². The summed E-state index contributed by atoms with van der Waals surface area (Å²) in [4.78, 5) is 25.2. The Kier molecular flexibility index (Phi) is 7.55. The molecule has 2 N–H and O–H groups in total. The molecular formula is C23H32O5. The average molecular weight is 389 g/mol. The molecule has 28 heavy (non-hydrogen) atoms. The number of Topliss-reactive ketones (excluding diaryl/α,β-unsaturated/α-hetero) is 1. The molecule has 2 rings (SSSR count). The van der Waals surface area contributed by atoms with Crippen molar-refractivity contribution in [2.75, 3.05) is 13.7 Å². The van der Waals surface area contributed by atoms with Crippen molar-refractivity contribution in [2.45, 2.75) is 57.5 Å². The monoisotopic (exact) mass is 388 g/mol. The molecule has 4 atom stereocenters. The molecule has 1 aromatic carbocycles. The van der Waals surface area contributed by atoms with Crippen molar-refractivity contribution in [1.82, 2.24) is 0 Å². The van der Waals surface area contributed by atoms with Gasteiger partial charge in [-0.2, -0.15) is 0 Å². The summed E-state index contributed by atoms with van der Waals surface area (Å²) in [6.45, 7) is 5.84. The van der Waals surface area contributed by atoms with Gasteiger partial charge < -0.3 is 14.9 Å². The van der Waals surface area contributed by atoms with Gasteiger partial charge in [-0.1, -0.05) is 50.3 Å². The maximum absolute atomic E-state index is 12.7. The summed E-state index contributed by atoms with van der Waals surface area (Å²) < 4.78 is 4.98. The van der Waals surface area contributed by atoms with Crippen LogP contribution < -0.4 is 0 Å². The molecule has 0 heterocycles. The van der Waals surface area contributed by atoms with E-state index in [1.165, 1.54) is 7.11 Å². The maximum atomic E-state index is 12.7. The number of methoxy groups -OCH3 is 1. The molecular weight excluding hydrogens is 356 g/mol. The van der Waals surface area contributed by atoms with Gasteiger partial charge in [0.15, 0.2) is 0 Å². The van der Waals surface area contributed by atoms with Crippen LogP contribution in [0.5, 0.6) is 0 Å². The van der Waals surface area contributed by atoms with E-state index < -0.39 is 29.8 Å². The predicted octanol–water partition coefficient (Wildman–Crippen LogP) is 3.14. The molecule has 1 aliphatic carbocycles. The van der Waals surface area contributed by atoms with Crippen LogP contribution in [0.1, 0.15) is 57.1 Å². The highest BCUT2D eigenvalue weighted by molar-refractivity contribution is 5.90. The van der Waals surface area contributed by atoms with E-state index in [0.29, 0.717) is 12.8 Å². The largest absolute Gasteiger partial charge is 0.469 e. The first-order valence-corrected chi connectivity index (χ1v) is 9.87. The molecule has 1 aliphatic rings. The minimum atomic E-state index is -0.817. The Morgan fingerprint density at radius 3 is 2.50 bits per heavy atom. The Morgan fingerprint density at radius 2 is 1.96 bits per heavy atom. The molecule has 154 valence electrons. The van der Waals surface area contributed by atoms with Crippen LogP contribution in [-0.4, -0.2) is 41.8 Å². The number of allylic oxidation sites excluding steroid dienone is 2. The first-order chi connectivity index (χ1) is 13.3. The van der Waals surface area contributed by atoms with Gasteiger partial charge in [0, 0.05) is 23.7 Å². The van der Waals surface area contributed by atoms with Crippen molar-refractivity contribution < 1.29 is 24.5 Å². The molecule has 5 heteroatoms. The van der Waals surface area contributed by atoms with E-state index in [9.17, 15) is 19.8 Å². The highest BCUT2D eigenvalue weighted by Crippen LogP contribution is 2.44. The molecule has 0 bridgehead atoms. The Morgan fingerprint density at radius 1 is 1.32 bits per heavy atom. The molecule has 1 unspecified atom stereocenters. The van der Waals surface area contributed by atoms with Crippen molar-refractivity contribution in [2.24, 2.45) is 11.8 Å². The summed E-state index contributed by atoms with van der Waals surface area (Å²) in [6, 6.07) is 7.63. The smallest absolute Gasteiger partial charge is 0.309 e. The fourth-order valence-electron chi connectivity index (χ4n) is 4.10. The fraction of sp³-hybridized carbons (Fsp3) is 0.565. The zero-order valence-corrected chi connectivity index (χ0v) is 17.2. The molecule has 1 saturated carbocycles. The quantitative estimate of drug-likeness (QED) is 0.528. The molecule has 1 fully saturated rings. The number of carbonyl (C=O) groups is 2. The van der Waals surface area contributed by atoms with E-state index in [4.69, 9.17) is 4.74 Å². The maximum Gasteiger partial charge on any atom is 0.309 e.